The third-order valence-electron chi connectivity index (χ3n) is 4.01. The van der Waals surface area contributed by atoms with Crippen LogP contribution >= 0.6 is 0 Å². The van der Waals surface area contributed by atoms with E-state index in [2.05, 4.69) is 4.99 Å². The summed E-state index contributed by atoms with van der Waals surface area (Å²) in [5.41, 5.74) is 1.51. The van der Waals surface area contributed by atoms with Gasteiger partial charge in [-0.1, -0.05) is 24.3 Å². The third-order valence-corrected chi connectivity index (χ3v) is 4.01. The molecule has 0 unspecified atom stereocenters. The van der Waals surface area contributed by atoms with Crippen molar-refractivity contribution in [3.8, 4) is 23.0 Å². The average molecular weight is 389 g/mol. The Labute approximate surface area is 170 Å². The first-order chi connectivity index (χ1) is 14.2. The molecule has 0 bridgehead atoms. The summed E-state index contributed by atoms with van der Waals surface area (Å²) in [7, 11) is 3.24. The van der Waals surface area contributed by atoms with Crippen LogP contribution in [0.5, 0.6) is 23.0 Å². The normalized spacial score (nSPS) is 11.7. The van der Waals surface area contributed by atoms with Crippen LogP contribution in [-0.4, -0.2) is 20.1 Å². The predicted octanol–water partition coefficient (Wildman–Crippen LogP) is 5.80. The Bertz CT molecular complexity index is 979. The average Bonchev–Trinajstić information content (AvgIpc) is 2.78. The van der Waals surface area contributed by atoms with E-state index in [-0.39, 0.29) is 0 Å². The Morgan fingerprint density at radius 1 is 0.724 bits per heavy atom. The molecule has 29 heavy (non-hydrogen) atoms. The number of rotatable bonds is 7. The van der Waals surface area contributed by atoms with Crippen LogP contribution in [0.3, 0.4) is 0 Å². The van der Waals surface area contributed by atoms with Gasteiger partial charge < -0.3 is 18.9 Å². The zero-order valence-corrected chi connectivity index (χ0v) is 16.7. The van der Waals surface area contributed by atoms with Gasteiger partial charge in [0.1, 0.15) is 23.0 Å². The van der Waals surface area contributed by atoms with Crippen molar-refractivity contribution in [1.82, 2.24) is 0 Å². The first kappa shape index (κ1) is 20.0. The standard InChI is InChI=1S/C24H23NO4/c1-18(17-28-21-14-12-20(26-2)13-15-21)24(25-19-8-5-4-6-9-19)29-23-11-7-10-22(16-23)27-3/h4-17H,1-3H3. The van der Waals surface area contributed by atoms with E-state index in [4.69, 9.17) is 18.9 Å². The fourth-order valence-corrected chi connectivity index (χ4v) is 2.45. The molecule has 0 amide bonds. The Morgan fingerprint density at radius 3 is 2.07 bits per heavy atom. The summed E-state index contributed by atoms with van der Waals surface area (Å²) in [6.45, 7) is 1.88. The topological polar surface area (TPSA) is 49.3 Å². The highest BCUT2D eigenvalue weighted by molar-refractivity contribution is 5.96. The zero-order chi connectivity index (χ0) is 20.5. The monoisotopic (exact) mass is 389 g/mol. The van der Waals surface area contributed by atoms with Crippen LogP contribution in [0.2, 0.25) is 0 Å². The van der Waals surface area contributed by atoms with Crippen molar-refractivity contribution in [1.29, 1.82) is 0 Å². The molecule has 0 fully saturated rings. The molecule has 148 valence electrons. The van der Waals surface area contributed by atoms with Gasteiger partial charge in [-0.05, 0) is 55.5 Å². The highest BCUT2D eigenvalue weighted by Crippen LogP contribution is 2.22. The second-order valence-corrected chi connectivity index (χ2v) is 6.13. The van der Waals surface area contributed by atoms with Crippen LogP contribution in [0, 0.1) is 0 Å². The molecule has 0 saturated heterocycles. The van der Waals surface area contributed by atoms with E-state index in [1.165, 1.54) is 0 Å². The molecule has 0 heterocycles. The number of benzene rings is 3. The van der Waals surface area contributed by atoms with Gasteiger partial charge >= 0.3 is 0 Å². The number of methoxy groups -OCH3 is 2. The summed E-state index contributed by atoms with van der Waals surface area (Å²) in [6.07, 6.45) is 1.61. The van der Waals surface area contributed by atoms with Crippen LogP contribution in [0.15, 0.2) is 95.7 Å². The number of para-hydroxylation sites is 1. The minimum absolute atomic E-state index is 0.429. The van der Waals surface area contributed by atoms with Crippen molar-refractivity contribution in [2.75, 3.05) is 14.2 Å². The summed E-state index contributed by atoms with van der Waals surface area (Å²) >= 11 is 0. The molecule has 0 radical (unpaired) electrons. The molecule has 0 aliphatic rings. The van der Waals surface area contributed by atoms with E-state index in [0.717, 1.165) is 17.0 Å². The molecule has 0 aliphatic carbocycles. The Balaban J connectivity index is 1.85. The van der Waals surface area contributed by atoms with Gasteiger partial charge in [-0.25, -0.2) is 4.99 Å². The number of ether oxygens (including phenoxy) is 4. The molecular weight excluding hydrogens is 366 g/mol. The molecule has 5 heteroatoms. The van der Waals surface area contributed by atoms with E-state index in [0.29, 0.717) is 23.1 Å². The minimum atomic E-state index is 0.429. The van der Waals surface area contributed by atoms with Crippen molar-refractivity contribution in [2.45, 2.75) is 6.92 Å². The van der Waals surface area contributed by atoms with Crippen LogP contribution in [0.25, 0.3) is 0 Å². The number of hydrogen-bond donors (Lipinski definition) is 0. The molecule has 0 aliphatic heterocycles. The molecule has 5 nitrogen and oxygen atoms in total. The molecule has 3 aromatic carbocycles. The summed E-state index contributed by atoms with van der Waals surface area (Å²) < 4.78 is 22.2. The number of aliphatic imine (C=N–C) groups is 1. The second-order valence-electron chi connectivity index (χ2n) is 6.13. The summed E-state index contributed by atoms with van der Waals surface area (Å²) in [5, 5.41) is 0. The molecule has 0 spiro atoms. The summed E-state index contributed by atoms with van der Waals surface area (Å²) in [6, 6.07) is 24.3. The van der Waals surface area contributed by atoms with Gasteiger partial charge in [-0.2, -0.15) is 0 Å². The fraction of sp³-hybridized carbons (Fsp3) is 0.125. The van der Waals surface area contributed by atoms with Gasteiger partial charge in [-0.3, -0.25) is 0 Å². The number of nitrogens with zero attached hydrogens (tertiary/aromatic N) is 1. The van der Waals surface area contributed by atoms with Crippen LogP contribution in [0.4, 0.5) is 5.69 Å². The smallest absolute Gasteiger partial charge is 0.225 e. The van der Waals surface area contributed by atoms with Crippen molar-refractivity contribution in [3.05, 3.63) is 90.7 Å². The number of hydrogen-bond acceptors (Lipinski definition) is 5. The molecule has 0 saturated carbocycles. The lowest BCUT2D eigenvalue weighted by Gasteiger charge is -2.11. The summed E-state index contributed by atoms with van der Waals surface area (Å²) in [4.78, 5) is 4.63. The summed E-state index contributed by atoms with van der Waals surface area (Å²) in [5.74, 6) is 3.21. The highest BCUT2D eigenvalue weighted by Gasteiger charge is 2.09. The van der Waals surface area contributed by atoms with E-state index < -0.39 is 0 Å². The lowest BCUT2D eigenvalue weighted by Crippen LogP contribution is -2.11. The van der Waals surface area contributed by atoms with Gasteiger partial charge in [0.25, 0.3) is 0 Å². The molecule has 3 rings (SSSR count). The SMILES string of the molecule is COc1ccc(OC=C(C)C(=Nc2ccccc2)Oc2cccc(OC)c2)cc1. The zero-order valence-electron chi connectivity index (χ0n) is 16.7. The van der Waals surface area contributed by atoms with Crippen molar-refractivity contribution in [2.24, 2.45) is 4.99 Å². The molecule has 3 aromatic rings. The van der Waals surface area contributed by atoms with E-state index in [9.17, 15) is 0 Å². The lowest BCUT2D eigenvalue weighted by atomic mass is 10.3. The van der Waals surface area contributed by atoms with Crippen molar-refractivity contribution < 1.29 is 18.9 Å². The maximum absolute atomic E-state index is 6.05. The predicted molar refractivity (Wildman–Crippen MR) is 115 cm³/mol. The van der Waals surface area contributed by atoms with Gasteiger partial charge in [0, 0.05) is 11.6 Å². The Kier molecular flexibility index (Phi) is 6.90. The van der Waals surface area contributed by atoms with E-state index in [1.807, 2.05) is 79.7 Å². The Hall–Kier alpha value is -3.73. The highest BCUT2D eigenvalue weighted by atomic mass is 16.5. The molecule has 0 atom stereocenters. The molecular formula is C24H23NO4. The van der Waals surface area contributed by atoms with Crippen molar-refractivity contribution in [3.63, 3.8) is 0 Å². The maximum Gasteiger partial charge on any atom is 0.225 e. The molecule has 0 N–H and O–H groups in total. The third kappa shape index (κ3) is 5.87. The van der Waals surface area contributed by atoms with E-state index in [1.54, 1.807) is 26.5 Å². The second kappa shape index (κ2) is 9.99. The lowest BCUT2D eigenvalue weighted by molar-refractivity contribution is 0.411. The van der Waals surface area contributed by atoms with Crippen LogP contribution in [0.1, 0.15) is 6.92 Å². The molecule has 0 aromatic heterocycles. The minimum Gasteiger partial charge on any atom is -0.497 e. The quantitative estimate of drug-likeness (QED) is 0.291. The van der Waals surface area contributed by atoms with Crippen molar-refractivity contribution >= 4 is 11.6 Å². The van der Waals surface area contributed by atoms with Gasteiger partial charge in [0.15, 0.2) is 0 Å². The first-order valence-electron chi connectivity index (χ1n) is 9.11. The maximum atomic E-state index is 6.05. The van der Waals surface area contributed by atoms with Crippen LogP contribution in [-0.2, 0) is 0 Å². The van der Waals surface area contributed by atoms with Gasteiger partial charge in [0.05, 0.1) is 26.2 Å². The first-order valence-corrected chi connectivity index (χ1v) is 9.11. The van der Waals surface area contributed by atoms with E-state index >= 15 is 0 Å². The largest absolute Gasteiger partial charge is 0.497 e. The van der Waals surface area contributed by atoms with Gasteiger partial charge in [-0.15, -0.1) is 0 Å². The Morgan fingerprint density at radius 2 is 1.38 bits per heavy atom. The fourth-order valence-electron chi connectivity index (χ4n) is 2.45. The van der Waals surface area contributed by atoms with Crippen LogP contribution < -0.4 is 18.9 Å². The van der Waals surface area contributed by atoms with Gasteiger partial charge in [0.2, 0.25) is 5.90 Å².